The van der Waals surface area contributed by atoms with Gasteiger partial charge in [0.05, 0.1) is 0 Å². The Balaban J connectivity index is 2.12. The summed E-state index contributed by atoms with van der Waals surface area (Å²) >= 11 is 0. The number of nitrogens with one attached hydrogen (secondary N) is 1. The van der Waals surface area contributed by atoms with Gasteiger partial charge in [-0.2, -0.15) is 0 Å². The molecule has 0 aliphatic carbocycles. The van der Waals surface area contributed by atoms with Crippen LogP contribution in [0.4, 0.5) is 4.79 Å². The minimum Gasteiger partial charge on any atom is -0.277 e. The zero-order valence-corrected chi connectivity index (χ0v) is 10.9. The fourth-order valence-corrected chi connectivity index (χ4v) is 2.06. The van der Waals surface area contributed by atoms with E-state index in [1.54, 1.807) is 0 Å². The molecule has 0 spiro atoms. The second-order valence-electron chi connectivity index (χ2n) is 4.78. The van der Waals surface area contributed by atoms with Crippen LogP contribution in [0.2, 0.25) is 0 Å². The van der Waals surface area contributed by atoms with E-state index < -0.39 is 23.8 Å². The van der Waals surface area contributed by atoms with Crippen LogP contribution in [0.5, 0.6) is 0 Å². The zero-order valence-electron chi connectivity index (χ0n) is 10.9. The van der Waals surface area contributed by atoms with Gasteiger partial charge in [0.1, 0.15) is 5.92 Å². The van der Waals surface area contributed by atoms with Crippen molar-refractivity contribution in [2.24, 2.45) is 5.92 Å². The summed E-state index contributed by atoms with van der Waals surface area (Å²) in [6.07, 6.45) is 0. The average molecular weight is 260 g/mol. The Morgan fingerprint density at radius 3 is 2.47 bits per heavy atom. The maximum Gasteiger partial charge on any atom is 0.330 e. The molecule has 2 unspecified atom stereocenters. The van der Waals surface area contributed by atoms with Crippen LogP contribution >= 0.6 is 0 Å². The lowest BCUT2D eigenvalue weighted by Gasteiger charge is -2.30. The summed E-state index contributed by atoms with van der Waals surface area (Å²) in [7, 11) is 0. The molecule has 1 aliphatic rings. The first-order valence-corrected chi connectivity index (χ1v) is 6.22. The molecule has 5 nitrogen and oxygen atoms in total. The molecule has 0 bridgehead atoms. The van der Waals surface area contributed by atoms with Gasteiger partial charge in [-0.25, -0.2) is 4.79 Å². The van der Waals surface area contributed by atoms with Crippen LogP contribution in [0.25, 0.3) is 0 Å². The molecule has 1 aromatic rings. The third-order valence-corrected chi connectivity index (χ3v) is 3.33. The highest BCUT2D eigenvalue weighted by molar-refractivity contribution is 6.15. The summed E-state index contributed by atoms with van der Waals surface area (Å²) in [5.41, 5.74) is 1.05. The van der Waals surface area contributed by atoms with Crippen LogP contribution in [0.1, 0.15) is 25.3 Å². The molecule has 19 heavy (non-hydrogen) atoms. The molecule has 1 aliphatic heterocycles. The Morgan fingerprint density at radius 2 is 1.84 bits per heavy atom. The maximum absolute atomic E-state index is 12.0. The Bertz CT molecular complexity index is 513. The van der Waals surface area contributed by atoms with Crippen LogP contribution < -0.4 is 5.32 Å². The van der Waals surface area contributed by atoms with E-state index in [1.807, 2.05) is 37.3 Å². The van der Waals surface area contributed by atoms with Crippen molar-refractivity contribution in [3.63, 3.8) is 0 Å². The summed E-state index contributed by atoms with van der Waals surface area (Å²) in [6.45, 7) is 3.72. The fraction of sp³-hybridized carbons (Fsp3) is 0.357. The number of urea groups is 1. The van der Waals surface area contributed by atoms with Gasteiger partial charge in [-0.3, -0.25) is 19.8 Å². The van der Waals surface area contributed by atoms with Crippen molar-refractivity contribution in [2.75, 3.05) is 6.54 Å². The fourth-order valence-electron chi connectivity index (χ4n) is 2.06. The Hall–Kier alpha value is -2.17. The molecule has 0 aromatic heterocycles. The van der Waals surface area contributed by atoms with Crippen molar-refractivity contribution in [2.45, 2.75) is 19.8 Å². The number of barbiturate groups is 1. The number of nitrogens with zero attached hydrogens (tertiary/aromatic N) is 1. The van der Waals surface area contributed by atoms with E-state index in [0.29, 0.717) is 0 Å². The first-order valence-electron chi connectivity index (χ1n) is 6.22. The number of carbonyl (C=O) groups is 3. The quantitative estimate of drug-likeness (QED) is 0.838. The molecule has 1 fully saturated rings. The molecular weight excluding hydrogens is 244 g/mol. The van der Waals surface area contributed by atoms with Crippen LogP contribution in [0.15, 0.2) is 30.3 Å². The Morgan fingerprint density at radius 1 is 1.21 bits per heavy atom. The lowest BCUT2D eigenvalue weighted by atomic mass is 9.99. The third kappa shape index (κ3) is 2.65. The number of imide groups is 2. The molecular formula is C14H16N2O3. The zero-order chi connectivity index (χ0) is 14.0. The highest BCUT2D eigenvalue weighted by Gasteiger charge is 2.37. The molecule has 1 aromatic carbocycles. The molecule has 1 heterocycles. The highest BCUT2D eigenvalue weighted by Crippen LogP contribution is 2.19. The second kappa shape index (κ2) is 5.22. The van der Waals surface area contributed by atoms with Gasteiger partial charge < -0.3 is 0 Å². The molecule has 1 saturated heterocycles. The molecule has 1 N–H and O–H groups in total. The number of hydrogen-bond acceptors (Lipinski definition) is 3. The molecule has 0 radical (unpaired) electrons. The smallest absolute Gasteiger partial charge is 0.277 e. The third-order valence-electron chi connectivity index (χ3n) is 3.33. The summed E-state index contributed by atoms with van der Waals surface area (Å²) in [6, 6.07) is 9.01. The largest absolute Gasteiger partial charge is 0.330 e. The van der Waals surface area contributed by atoms with Gasteiger partial charge in [0.25, 0.3) is 0 Å². The first-order chi connectivity index (χ1) is 9.00. The maximum atomic E-state index is 12.0. The van der Waals surface area contributed by atoms with Crippen LogP contribution in [0, 0.1) is 5.92 Å². The summed E-state index contributed by atoms with van der Waals surface area (Å²) in [5, 5.41) is 2.19. The molecule has 100 valence electrons. The predicted molar refractivity (Wildman–Crippen MR) is 69.3 cm³/mol. The van der Waals surface area contributed by atoms with E-state index in [9.17, 15) is 14.4 Å². The average Bonchev–Trinajstić information content (AvgIpc) is 2.42. The van der Waals surface area contributed by atoms with Gasteiger partial charge in [-0.15, -0.1) is 0 Å². The van der Waals surface area contributed by atoms with Crippen molar-refractivity contribution in [3.8, 4) is 0 Å². The Kier molecular flexibility index (Phi) is 3.64. The Labute approximate surface area is 111 Å². The van der Waals surface area contributed by atoms with Gasteiger partial charge >= 0.3 is 6.03 Å². The molecule has 4 amide bonds. The standard InChI is InChI=1S/C14H16N2O3/c1-9(11-6-4-3-5-7-11)8-16-13(18)10(2)12(17)15-14(16)19/h3-7,9-10H,8H2,1-2H3,(H,15,17,19). The van der Waals surface area contributed by atoms with Crippen molar-refractivity contribution in [1.29, 1.82) is 0 Å². The van der Waals surface area contributed by atoms with Crippen molar-refractivity contribution >= 4 is 17.8 Å². The van der Waals surface area contributed by atoms with Crippen molar-refractivity contribution in [1.82, 2.24) is 10.2 Å². The monoisotopic (exact) mass is 260 g/mol. The number of benzene rings is 1. The van der Waals surface area contributed by atoms with Gasteiger partial charge in [-0.1, -0.05) is 37.3 Å². The van der Waals surface area contributed by atoms with Crippen molar-refractivity contribution in [3.05, 3.63) is 35.9 Å². The highest BCUT2D eigenvalue weighted by atomic mass is 16.2. The lowest BCUT2D eigenvalue weighted by Crippen LogP contribution is -2.57. The summed E-state index contributed by atoms with van der Waals surface area (Å²) < 4.78 is 0. The van der Waals surface area contributed by atoms with Crippen LogP contribution in [0.3, 0.4) is 0 Å². The van der Waals surface area contributed by atoms with E-state index >= 15 is 0 Å². The molecule has 2 rings (SSSR count). The van der Waals surface area contributed by atoms with E-state index in [2.05, 4.69) is 5.32 Å². The number of hydrogen-bond donors (Lipinski definition) is 1. The van der Waals surface area contributed by atoms with E-state index in [-0.39, 0.29) is 12.5 Å². The van der Waals surface area contributed by atoms with E-state index in [4.69, 9.17) is 0 Å². The molecule has 2 atom stereocenters. The molecule has 0 saturated carbocycles. The van der Waals surface area contributed by atoms with Crippen LogP contribution in [-0.4, -0.2) is 29.3 Å². The van der Waals surface area contributed by atoms with Gasteiger partial charge in [0, 0.05) is 6.54 Å². The number of rotatable bonds is 3. The van der Waals surface area contributed by atoms with Gasteiger partial charge in [0.2, 0.25) is 11.8 Å². The summed E-state index contributed by atoms with van der Waals surface area (Å²) in [4.78, 5) is 36.1. The minimum absolute atomic E-state index is 0.0244. The van der Waals surface area contributed by atoms with E-state index in [0.717, 1.165) is 10.5 Å². The van der Waals surface area contributed by atoms with Gasteiger partial charge in [0.15, 0.2) is 0 Å². The minimum atomic E-state index is -0.805. The summed E-state index contributed by atoms with van der Waals surface area (Å²) in [5.74, 6) is -1.74. The predicted octanol–water partition coefficient (Wildman–Crippen LogP) is 1.50. The molecule has 5 heteroatoms. The van der Waals surface area contributed by atoms with Crippen molar-refractivity contribution < 1.29 is 14.4 Å². The second-order valence-corrected chi connectivity index (χ2v) is 4.78. The normalized spacial score (nSPS) is 21.3. The number of amides is 4. The van der Waals surface area contributed by atoms with Crippen LogP contribution in [-0.2, 0) is 9.59 Å². The van der Waals surface area contributed by atoms with Gasteiger partial charge in [-0.05, 0) is 18.4 Å². The topological polar surface area (TPSA) is 66.5 Å². The first kappa shape index (κ1) is 13.3. The number of carbonyl (C=O) groups excluding carboxylic acids is 3. The van der Waals surface area contributed by atoms with E-state index in [1.165, 1.54) is 6.92 Å². The lowest BCUT2D eigenvalue weighted by molar-refractivity contribution is -0.141. The SMILES string of the molecule is CC1C(=O)NC(=O)N(CC(C)c2ccccc2)C1=O.